The highest BCUT2D eigenvalue weighted by Crippen LogP contribution is 2.06. The Kier molecular flexibility index (Phi) is 14.6. The molecule has 108 valence electrons. The third-order valence-electron chi connectivity index (χ3n) is 3.74. The maximum absolute atomic E-state index is 2.33. The second-order valence-corrected chi connectivity index (χ2v) is 6.01. The molecule has 0 rings (SSSR count). The molecule has 0 saturated carbocycles. The quantitative estimate of drug-likeness (QED) is 0.303. The standard InChI is InChI=1S/C13H32N2.2BrH/c1-7-14(3,4)12-10-9-11-13-15(5,6)8-2;;/h7-13H2,1-6H3;2*1H/q+2;;/p-2. The minimum atomic E-state index is 0. The molecule has 17 heavy (non-hydrogen) atoms. The predicted octanol–water partition coefficient (Wildman–Crippen LogP) is -3.64. The van der Waals surface area contributed by atoms with Gasteiger partial charge in [-0.05, 0) is 33.1 Å². The van der Waals surface area contributed by atoms with E-state index in [2.05, 4.69) is 42.0 Å². The first-order valence-corrected chi connectivity index (χ1v) is 6.47. The van der Waals surface area contributed by atoms with Gasteiger partial charge < -0.3 is 42.9 Å². The molecule has 0 spiro atoms. The molecule has 0 aliphatic rings. The normalized spacial score (nSPS) is 11.6. The summed E-state index contributed by atoms with van der Waals surface area (Å²) in [7, 11) is 9.30. The lowest BCUT2D eigenvalue weighted by Crippen LogP contribution is -3.00. The van der Waals surface area contributed by atoms with Crippen LogP contribution in [-0.4, -0.2) is 63.3 Å². The van der Waals surface area contributed by atoms with Crippen LogP contribution in [0.1, 0.15) is 33.1 Å². The van der Waals surface area contributed by atoms with Crippen molar-refractivity contribution in [3.8, 4) is 0 Å². The average Bonchev–Trinajstić information content (AvgIpc) is 2.17. The van der Waals surface area contributed by atoms with Crippen LogP contribution in [0.15, 0.2) is 0 Å². The highest BCUT2D eigenvalue weighted by Gasteiger charge is 2.13. The number of hydrogen-bond acceptors (Lipinski definition) is 0. The van der Waals surface area contributed by atoms with E-state index >= 15 is 0 Å². The molecule has 0 aromatic heterocycles. The van der Waals surface area contributed by atoms with E-state index in [4.69, 9.17) is 0 Å². The Bertz CT molecular complexity index is 153. The number of nitrogens with zero attached hydrogens (tertiary/aromatic N) is 2. The molecule has 0 aliphatic heterocycles. The van der Waals surface area contributed by atoms with Gasteiger partial charge in [0.25, 0.3) is 0 Å². The third-order valence-corrected chi connectivity index (χ3v) is 3.74. The fraction of sp³-hybridized carbons (Fsp3) is 1.00. The monoisotopic (exact) mass is 374 g/mol. The third kappa shape index (κ3) is 13.1. The Labute approximate surface area is 130 Å². The van der Waals surface area contributed by atoms with Crippen LogP contribution in [0.2, 0.25) is 0 Å². The molecule has 0 amide bonds. The van der Waals surface area contributed by atoms with E-state index in [9.17, 15) is 0 Å². The van der Waals surface area contributed by atoms with Crippen LogP contribution in [0, 0.1) is 0 Å². The minimum absolute atomic E-state index is 0. The SMILES string of the molecule is CC[N+](C)(C)CCCCC[N+](C)(C)CC.[Br-].[Br-]. The Morgan fingerprint density at radius 2 is 0.882 bits per heavy atom. The zero-order chi connectivity index (χ0) is 11.9. The lowest BCUT2D eigenvalue weighted by molar-refractivity contribution is -0.890. The zero-order valence-corrected chi connectivity index (χ0v) is 15.8. The van der Waals surface area contributed by atoms with Crippen LogP contribution in [0.3, 0.4) is 0 Å². The van der Waals surface area contributed by atoms with E-state index in [1.165, 1.54) is 54.4 Å². The molecule has 0 saturated heterocycles. The summed E-state index contributed by atoms with van der Waals surface area (Å²) in [6, 6.07) is 0. The molecular formula is C13H32Br2N2. The fourth-order valence-electron chi connectivity index (χ4n) is 1.57. The van der Waals surface area contributed by atoms with Crippen molar-refractivity contribution in [1.82, 2.24) is 0 Å². The number of halogens is 2. The van der Waals surface area contributed by atoms with Crippen molar-refractivity contribution in [1.29, 1.82) is 0 Å². The van der Waals surface area contributed by atoms with Crippen molar-refractivity contribution in [3.05, 3.63) is 0 Å². The van der Waals surface area contributed by atoms with Crippen molar-refractivity contribution in [2.24, 2.45) is 0 Å². The van der Waals surface area contributed by atoms with Crippen LogP contribution in [0.25, 0.3) is 0 Å². The van der Waals surface area contributed by atoms with Crippen LogP contribution >= 0.6 is 0 Å². The number of quaternary nitrogens is 2. The summed E-state index contributed by atoms with van der Waals surface area (Å²) in [5, 5.41) is 0. The predicted molar refractivity (Wildman–Crippen MR) is 68.9 cm³/mol. The first kappa shape index (κ1) is 23.0. The molecule has 0 aromatic carbocycles. The molecule has 0 heterocycles. The Balaban J connectivity index is -0.000000980. The lowest BCUT2D eigenvalue weighted by atomic mass is 10.2. The summed E-state index contributed by atoms with van der Waals surface area (Å²) in [6.07, 6.45) is 4.15. The molecule has 0 unspecified atom stereocenters. The van der Waals surface area contributed by atoms with Crippen LogP contribution < -0.4 is 34.0 Å². The summed E-state index contributed by atoms with van der Waals surface area (Å²) >= 11 is 0. The van der Waals surface area contributed by atoms with Crippen molar-refractivity contribution in [2.45, 2.75) is 33.1 Å². The van der Waals surface area contributed by atoms with Gasteiger partial charge >= 0.3 is 0 Å². The van der Waals surface area contributed by atoms with Gasteiger partial charge in [0.15, 0.2) is 0 Å². The van der Waals surface area contributed by atoms with Gasteiger partial charge in [0.2, 0.25) is 0 Å². The maximum Gasteiger partial charge on any atom is 0.0782 e. The van der Waals surface area contributed by atoms with Gasteiger partial charge in [-0.25, -0.2) is 0 Å². The van der Waals surface area contributed by atoms with E-state index in [1.54, 1.807) is 0 Å². The summed E-state index contributed by atoms with van der Waals surface area (Å²) in [5.74, 6) is 0. The Morgan fingerprint density at radius 1 is 0.588 bits per heavy atom. The van der Waals surface area contributed by atoms with Gasteiger partial charge in [-0.3, -0.25) is 0 Å². The molecule has 0 aromatic rings. The molecule has 0 N–H and O–H groups in total. The first-order valence-electron chi connectivity index (χ1n) is 6.47. The molecule has 4 heteroatoms. The van der Waals surface area contributed by atoms with Gasteiger partial charge in [-0.15, -0.1) is 0 Å². The van der Waals surface area contributed by atoms with Gasteiger partial charge in [0.05, 0.1) is 54.4 Å². The summed E-state index contributed by atoms with van der Waals surface area (Å²) in [4.78, 5) is 0. The van der Waals surface area contributed by atoms with Crippen LogP contribution in [0.4, 0.5) is 0 Å². The molecule has 0 fully saturated rings. The molecule has 0 atom stereocenters. The highest BCUT2D eigenvalue weighted by atomic mass is 79.9. The summed E-state index contributed by atoms with van der Waals surface area (Å²) in [6.45, 7) is 9.70. The van der Waals surface area contributed by atoms with Crippen LogP contribution in [-0.2, 0) is 0 Å². The van der Waals surface area contributed by atoms with Gasteiger partial charge in [-0.2, -0.15) is 0 Å². The van der Waals surface area contributed by atoms with Crippen LogP contribution in [0.5, 0.6) is 0 Å². The fourth-order valence-corrected chi connectivity index (χ4v) is 1.57. The number of rotatable bonds is 8. The second-order valence-electron chi connectivity index (χ2n) is 6.01. The van der Waals surface area contributed by atoms with E-state index < -0.39 is 0 Å². The van der Waals surface area contributed by atoms with E-state index in [1.807, 2.05) is 0 Å². The Hall–Kier alpha value is 0.880. The van der Waals surface area contributed by atoms with E-state index in [0.717, 1.165) is 0 Å². The van der Waals surface area contributed by atoms with Crippen molar-refractivity contribution in [3.63, 3.8) is 0 Å². The van der Waals surface area contributed by atoms with Crippen molar-refractivity contribution >= 4 is 0 Å². The molecule has 0 bridgehead atoms. The molecule has 0 aliphatic carbocycles. The van der Waals surface area contributed by atoms with Gasteiger partial charge in [0.1, 0.15) is 0 Å². The second kappa shape index (κ2) is 10.8. The largest absolute Gasteiger partial charge is 1.00 e. The maximum atomic E-state index is 2.33. The lowest BCUT2D eigenvalue weighted by Gasteiger charge is -2.29. The highest BCUT2D eigenvalue weighted by molar-refractivity contribution is 4.42. The zero-order valence-electron chi connectivity index (χ0n) is 12.6. The van der Waals surface area contributed by atoms with E-state index in [-0.39, 0.29) is 34.0 Å². The minimum Gasteiger partial charge on any atom is -1.00 e. The molecular weight excluding hydrogens is 344 g/mol. The van der Waals surface area contributed by atoms with Crippen molar-refractivity contribution in [2.75, 3.05) is 54.4 Å². The Morgan fingerprint density at radius 3 is 1.12 bits per heavy atom. The average molecular weight is 376 g/mol. The summed E-state index contributed by atoms with van der Waals surface area (Å²) < 4.78 is 2.35. The smallest absolute Gasteiger partial charge is 0.0782 e. The van der Waals surface area contributed by atoms with Gasteiger partial charge in [-0.1, -0.05) is 0 Å². The van der Waals surface area contributed by atoms with Gasteiger partial charge in [0, 0.05) is 0 Å². The molecule has 2 nitrogen and oxygen atoms in total. The molecule has 0 radical (unpaired) electrons. The first-order chi connectivity index (χ1) is 6.83. The number of unbranched alkanes of at least 4 members (excludes halogenated alkanes) is 2. The van der Waals surface area contributed by atoms with Crippen molar-refractivity contribution < 1.29 is 42.9 Å². The number of hydrogen-bond donors (Lipinski definition) is 0. The van der Waals surface area contributed by atoms with E-state index in [0.29, 0.717) is 0 Å². The topological polar surface area (TPSA) is 0 Å². The summed E-state index contributed by atoms with van der Waals surface area (Å²) in [5.41, 5.74) is 0.